The standard InChI is InChI=1S/C16H26IN/c1-5-11-18-15(10-9-12(2)3)14-8-6-7-13(4)16(14)17/h6-8,12,15,18H,5,9-11H2,1-4H3. The van der Waals surface area contributed by atoms with E-state index in [0.717, 1.165) is 12.5 Å². The van der Waals surface area contributed by atoms with Crippen LogP contribution in [-0.4, -0.2) is 6.54 Å². The van der Waals surface area contributed by atoms with Crippen LogP contribution in [0.25, 0.3) is 0 Å². The van der Waals surface area contributed by atoms with Crippen molar-refractivity contribution in [3.63, 3.8) is 0 Å². The van der Waals surface area contributed by atoms with E-state index in [4.69, 9.17) is 0 Å². The summed E-state index contributed by atoms with van der Waals surface area (Å²) >= 11 is 2.49. The molecule has 0 aliphatic rings. The van der Waals surface area contributed by atoms with Gasteiger partial charge < -0.3 is 5.32 Å². The van der Waals surface area contributed by atoms with Gasteiger partial charge in [0.1, 0.15) is 0 Å². The van der Waals surface area contributed by atoms with Gasteiger partial charge in [0.2, 0.25) is 0 Å². The van der Waals surface area contributed by atoms with Gasteiger partial charge >= 0.3 is 0 Å². The Hall–Kier alpha value is -0.0900. The van der Waals surface area contributed by atoms with Crippen LogP contribution in [0.2, 0.25) is 0 Å². The summed E-state index contributed by atoms with van der Waals surface area (Å²) in [6.45, 7) is 10.1. The van der Waals surface area contributed by atoms with E-state index in [-0.39, 0.29) is 0 Å². The van der Waals surface area contributed by atoms with Crippen molar-refractivity contribution in [1.29, 1.82) is 0 Å². The van der Waals surface area contributed by atoms with Crippen LogP contribution in [0, 0.1) is 16.4 Å². The molecule has 18 heavy (non-hydrogen) atoms. The number of rotatable bonds is 7. The molecule has 0 saturated heterocycles. The van der Waals surface area contributed by atoms with E-state index in [9.17, 15) is 0 Å². The number of hydrogen-bond acceptors (Lipinski definition) is 1. The third-order valence-electron chi connectivity index (χ3n) is 3.27. The minimum Gasteiger partial charge on any atom is -0.310 e. The van der Waals surface area contributed by atoms with E-state index in [1.54, 1.807) is 0 Å². The zero-order chi connectivity index (χ0) is 13.5. The minimum absolute atomic E-state index is 0.513. The van der Waals surface area contributed by atoms with E-state index in [2.05, 4.69) is 73.8 Å². The molecule has 0 aromatic heterocycles. The van der Waals surface area contributed by atoms with Crippen LogP contribution >= 0.6 is 22.6 Å². The Balaban J connectivity index is 2.83. The van der Waals surface area contributed by atoms with Crippen molar-refractivity contribution in [2.24, 2.45) is 5.92 Å². The van der Waals surface area contributed by atoms with Gasteiger partial charge in [0.05, 0.1) is 0 Å². The van der Waals surface area contributed by atoms with E-state index < -0.39 is 0 Å². The lowest BCUT2D eigenvalue weighted by atomic mass is 9.96. The fourth-order valence-corrected chi connectivity index (χ4v) is 2.86. The number of hydrogen-bond donors (Lipinski definition) is 1. The van der Waals surface area contributed by atoms with Crippen molar-refractivity contribution in [3.05, 3.63) is 32.9 Å². The molecule has 1 atom stereocenters. The van der Waals surface area contributed by atoms with E-state index in [0.29, 0.717) is 6.04 Å². The molecule has 1 N–H and O–H groups in total. The summed E-state index contributed by atoms with van der Waals surface area (Å²) in [7, 11) is 0. The van der Waals surface area contributed by atoms with Gasteiger partial charge in [0, 0.05) is 9.61 Å². The lowest BCUT2D eigenvalue weighted by molar-refractivity contribution is 0.439. The predicted octanol–water partition coefficient (Wildman–Crippen LogP) is 5.08. The molecule has 0 heterocycles. The number of benzene rings is 1. The molecule has 0 bridgehead atoms. The second-order valence-electron chi connectivity index (χ2n) is 5.46. The van der Waals surface area contributed by atoms with Crippen molar-refractivity contribution >= 4 is 22.6 Å². The van der Waals surface area contributed by atoms with Gasteiger partial charge in [-0.05, 0) is 72.4 Å². The molecule has 102 valence electrons. The van der Waals surface area contributed by atoms with Crippen molar-refractivity contribution in [3.8, 4) is 0 Å². The van der Waals surface area contributed by atoms with Gasteiger partial charge in [0.25, 0.3) is 0 Å². The van der Waals surface area contributed by atoms with Crippen molar-refractivity contribution in [1.82, 2.24) is 5.32 Å². The van der Waals surface area contributed by atoms with Gasteiger partial charge in [-0.1, -0.05) is 39.0 Å². The lowest BCUT2D eigenvalue weighted by Gasteiger charge is -2.22. The Kier molecular flexibility index (Phi) is 7.23. The van der Waals surface area contributed by atoms with E-state index in [1.165, 1.54) is 34.0 Å². The topological polar surface area (TPSA) is 12.0 Å². The maximum absolute atomic E-state index is 3.70. The largest absolute Gasteiger partial charge is 0.310 e. The average molecular weight is 359 g/mol. The number of halogens is 1. The first-order chi connectivity index (χ1) is 8.56. The average Bonchev–Trinajstić information content (AvgIpc) is 2.33. The van der Waals surface area contributed by atoms with E-state index >= 15 is 0 Å². The molecule has 0 aliphatic carbocycles. The summed E-state index contributed by atoms with van der Waals surface area (Å²) in [4.78, 5) is 0. The molecule has 1 aromatic rings. The van der Waals surface area contributed by atoms with Crippen LogP contribution in [0.5, 0.6) is 0 Å². The Morgan fingerprint density at radius 1 is 1.22 bits per heavy atom. The van der Waals surface area contributed by atoms with Gasteiger partial charge in [-0.15, -0.1) is 0 Å². The van der Waals surface area contributed by atoms with Gasteiger partial charge in [-0.3, -0.25) is 0 Å². The van der Waals surface area contributed by atoms with Gasteiger partial charge in [-0.2, -0.15) is 0 Å². The highest BCUT2D eigenvalue weighted by atomic mass is 127. The molecular formula is C16H26IN. The molecule has 0 fully saturated rings. The maximum atomic E-state index is 3.70. The molecule has 1 aromatic carbocycles. The summed E-state index contributed by atoms with van der Waals surface area (Å²) in [5.41, 5.74) is 2.87. The fraction of sp³-hybridized carbons (Fsp3) is 0.625. The zero-order valence-corrected chi connectivity index (χ0v) is 14.3. The number of aryl methyl sites for hydroxylation is 1. The van der Waals surface area contributed by atoms with Gasteiger partial charge in [-0.25, -0.2) is 0 Å². The summed E-state index contributed by atoms with van der Waals surface area (Å²) in [5.74, 6) is 0.776. The van der Waals surface area contributed by atoms with Crippen molar-refractivity contribution < 1.29 is 0 Å². The summed E-state index contributed by atoms with van der Waals surface area (Å²) < 4.78 is 1.42. The highest BCUT2D eigenvalue weighted by Gasteiger charge is 2.15. The minimum atomic E-state index is 0.513. The van der Waals surface area contributed by atoms with E-state index in [1.807, 2.05) is 0 Å². The van der Waals surface area contributed by atoms with Crippen LogP contribution in [0.3, 0.4) is 0 Å². The summed E-state index contributed by atoms with van der Waals surface area (Å²) in [6.07, 6.45) is 3.71. The molecule has 0 amide bonds. The SMILES string of the molecule is CCCNC(CCC(C)C)c1cccc(C)c1I. The number of nitrogens with one attached hydrogen (secondary N) is 1. The Morgan fingerprint density at radius 2 is 1.94 bits per heavy atom. The molecule has 1 rings (SSSR count). The molecule has 1 nitrogen and oxygen atoms in total. The highest BCUT2D eigenvalue weighted by Crippen LogP contribution is 2.27. The normalized spacial score (nSPS) is 13.0. The maximum Gasteiger partial charge on any atom is 0.0330 e. The molecular weight excluding hydrogens is 333 g/mol. The Morgan fingerprint density at radius 3 is 2.56 bits per heavy atom. The predicted molar refractivity (Wildman–Crippen MR) is 89.0 cm³/mol. The first-order valence-corrected chi connectivity index (χ1v) is 8.12. The second-order valence-corrected chi connectivity index (χ2v) is 6.53. The molecule has 0 radical (unpaired) electrons. The van der Waals surface area contributed by atoms with Gasteiger partial charge in [0.15, 0.2) is 0 Å². The third kappa shape index (κ3) is 4.88. The lowest BCUT2D eigenvalue weighted by Crippen LogP contribution is -2.23. The Labute approximate surface area is 126 Å². The molecule has 0 saturated carbocycles. The van der Waals surface area contributed by atoms with Crippen LogP contribution in [0.4, 0.5) is 0 Å². The first kappa shape index (κ1) is 16.0. The quantitative estimate of drug-likeness (QED) is 0.670. The summed E-state index contributed by atoms with van der Waals surface area (Å²) in [6, 6.07) is 7.18. The van der Waals surface area contributed by atoms with Crippen molar-refractivity contribution in [2.45, 2.75) is 53.0 Å². The second kappa shape index (κ2) is 8.16. The monoisotopic (exact) mass is 359 g/mol. The first-order valence-electron chi connectivity index (χ1n) is 7.04. The van der Waals surface area contributed by atoms with Crippen molar-refractivity contribution in [2.75, 3.05) is 6.54 Å². The smallest absolute Gasteiger partial charge is 0.0330 e. The molecule has 1 unspecified atom stereocenters. The molecule has 0 aliphatic heterocycles. The molecule has 0 spiro atoms. The molecule has 2 heteroatoms. The highest BCUT2D eigenvalue weighted by molar-refractivity contribution is 14.1. The summed E-state index contributed by atoms with van der Waals surface area (Å²) in [5, 5.41) is 3.70. The van der Waals surface area contributed by atoms with Crippen LogP contribution in [-0.2, 0) is 0 Å². The van der Waals surface area contributed by atoms with Crippen LogP contribution in [0.1, 0.15) is 57.2 Å². The zero-order valence-electron chi connectivity index (χ0n) is 12.1. The fourth-order valence-electron chi connectivity index (χ4n) is 2.13. The third-order valence-corrected chi connectivity index (χ3v) is 4.74. The van der Waals surface area contributed by atoms with Crippen LogP contribution in [0.15, 0.2) is 18.2 Å². The van der Waals surface area contributed by atoms with Crippen LogP contribution < -0.4 is 5.32 Å². The Bertz CT molecular complexity index is 360.